The second-order valence-electron chi connectivity index (χ2n) is 5.75. The standard InChI is InChI=1S/C18H15ClN4O3S/c1-9-3-4-11(7-13(9)19)16(25)22-18(27)23-17-21-14-6-5-12(20-10(2)24)8-15(14)26-17/h3-8H,1-2H3,(H,20,24)(H2,21,22,23,25,27). The Balaban J connectivity index is 1.68. The Morgan fingerprint density at radius 1 is 1.15 bits per heavy atom. The van der Waals surface area contributed by atoms with E-state index in [1.165, 1.54) is 6.92 Å². The highest BCUT2D eigenvalue weighted by Crippen LogP contribution is 2.22. The fourth-order valence-corrected chi connectivity index (χ4v) is 2.66. The molecule has 3 N–H and O–H groups in total. The van der Waals surface area contributed by atoms with Crippen molar-refractivity contribution in [3.05, 3.63) is 52.5 Å². The van der Waals surface area contributed by atoms with Crippen LogP contribution >= 0.6 is 23.8 Å². The summed E-state index contributed by atoms with van der Waals surface area (Å²) in [5, 5.41) is 8.45. The topological polar surface area (TPSA) is 96.3 Å². The van der Waals surface area contributed by atoms with Crippen LogP contribution in [0.2, 0.25) is 5.02 Å². The molecule has 0 radical (unpaired) electrons. The predicted molar refractivity (Wildman–Crippen MR) is 108 cm³/mol. The van der Waals surface area contributed by atoms with E-state index in [4.69, 9.17) is 28.2 Å². The molecule has 1 aromatic heterocycles. The number of nitrogens with one attached hydrogen (secondary N) is 3. The predicted octanol–water partition coefficient (Wildman–Crippen LogP) is 3.87. The Bertz CT molecular complexity index is 1060. The number of anilines is 2. The largest absolute Gasteiger partial charge is 0.423 e. The van der Waals surface area contributed by atoms with E-state index >= 15 is 0 Å². The summed E-state index contributed by atoms with van der Waals surface area (Å²) in [5.41, 5.74) is 2.88. The van der Waals surface area contributed by atoms with Crippen LogP contribution in [0.25, 0.3) is 11.1 Å². The summed E-state index contributed by atoms with van der Waals surface area (Å²) in [6.07, 6.45) is 0. The molecule has 0 fully saturated rings. The van der Waals surface area contributed by atoms with Gasteiger partial charge in [-0.25, -0.2) is 0 Å². The number of rotatable bonds is 3. The maximum absolute atomic E-state index is 12.2. The van der Waals surface area contributed by atoms with Crippen molar-refractivity contribution in [2.75, 3.05) is 10.6 Å². The number of carbonyl (C=O) groups is 2. The zero-order valence-corrected chi connectivity index (χ0v) is 16.0. The fraction of sp³-hybridized carbons (Fsp3) is 0.111. The SMILES string of the molecule is CC(=O)Nc1ccc2nc(NC(=S)NC(=O)c3ccc(C)c(Cl)c3)oc2c1. The molecule has 0 spiro atoms. The third-order valence-electron chi connectivity index (χ3n) is 3.59. The van der Waals surface area contributed by atoms with Gasteiger partial charge in [0.1, 0.15) is 5.52 Å². The van der Waals surface area contributed by atoms with Gasteiger partial charge in [-0.1, -0.05) is 17.7 Å². The molecule has 138 valence electrons. The molecule has 27 heavy (non-hydrogen) atoms. The molecule has 7 nitrogen and oxygen atoms in total. The van der Waals surface area contributed by atoms with Gasteiger partial charge in [-0.3, -0.25) is 20.2 Å². The average molecular weight is 403 g/mol. The smallest absolute Gasteiger partial charge is 0.302 e. The molecule has 1 heterocycles. The molecule has 3 rings (SSSR count). The van der Waals surface area contributed by atoms with Crippen molar-refractivity contribution < 1.29 is 14.0 Å². The normalized spacial score (nSPS) is 10.5. The lowest BCUT2D eigenvalue weighted by molar-refractivity contribution is -0.114. The van der Waals surface area contributed by atoms with Crippen molar-refractivity contribution in [3.8, 4) is 0 Å². The molecular formula is C18H15ClN4O3S. The number of aryl methyl sites for hydroxylation is 1. The first-order valence-electron chi connectivity index (χ1n) is 7.88. The average Bonchev–Trinajstić information content (AvgIpc) is 2.97. The summed E-state index contributed by atoms with van der Waals surface area (Å²) in [6, 6.07) is 10.1. The number of halogens is 1. The van der Waals surface area contributed by atoms with Crippen LogP contribution < -0.4 is 16.0 Å². The minimum absolute atomic E-state index is 0.0327. The van der Waals surface area contributed by atoms with E-state index in [9.17, 15) is 9.59 Å². The summed E-state index contributed by atoms with van der Waals surface area (Å²) in [5.74, 6) is -0.592. The second kappa shape index (κ2) is 7.73. The van der Waals surface area contributed by atoms with E-state index in [1.54, 1.807) is 36.4 Å². The third-order valence-corrected chi connectivity index (χ3v) is 4.20. The number of hydrogen-bond acceptors (Lipinski definition) is 5. The summed E-state index contributed by atoms with van der Waals surface area (Å²) >= 11 is 11.2. The van der Waals surface area contributed by atoms with Gasteiger partial charge in [0.25, 0.3) is 5.91 Å². The van der Waals surface area contributed by atoms with Gasteiger partial charge in [0.2, 0.25) is 5.91 Å². The van der Waals surface area contributed by atoms with E-state index in [0.29, 0.717) is 27.4 Å². The molecule has 0 aliphatic carbocycles. The molecule has 0 unspecified atom stereocenters. The van der Waals surface area contributed by atoms with Crippen molar-refractivity contribution >= 4 is 63.5 Å². The number of nitrogens with zero attached hydrogens (tertiary/aromatic N) is 1. The van der Waals surface area contributed by atoms with Gasteiger partial charge in [-0.2, -0.15) is 4.98 Å². The third kappa shape index (κ3) is 4.60. The van der Waals surface area contributed by atoms with Crippen LogP contribution in [0.5, 0.6) is 0 Å². The van der Waals surface area contributed by atoms with Crippen molar-refractivity contribution in [2.24, 2.45) is 0 Å². The number of hydrogen-bond donors (Lipinski definition) is 3. The van der Waals surface area contributed by atoms with Gasteiger partial charge < -0.3 is 9.73 Å². The maximum atomic E-state index is 12.2. The van der Waals surface area contributed by atoms with E-state index in [1.807, 2.05) is 6.92 Å². The highest BCUT2D eigenvalue weighted by Gasteiger charge is 2.12. The number of fused-ring (bicyclic) bond motifs is 1. The molecule has 2 aromatic carbocycles. The lowest BCUT2D eigenvalue weighted by Gasteiger charge is -2.07. The zero-order chi connectivity index (χ0) is 19.6. The van der Waals surface area contributed by atoms with Gasteiger partial charge in [-0.15, -0.1) is 0 Å². The summed E-state index contributed by atoms with van der Waals surface area (Å²) < 4.78 is 5.55. The van der Waals surface area contributed by atoms with Gasteiger partial charge in [-0.05, 0) is 49.0 Å². The molecular weight excluding hydrogens is 388 g/mol. The minimum atomic E-state index is -0.404. The first kappa shape index (κ1) is 18.8. The van der Waals surface area contributed by atoms with Crippen LogP contribution in [0.1, 0.15) is 22.8 Å². The number of carbonyl (C=O) groups excluding carboxylic acids is 2. The van der Waals surface area contributed by atoms with Gasteiger partial charge in [0.05, 0.1) is 0 Å². The quantitative estimate of drug-likeness (QED) is 0.575. The molecule has 2 amide bonds. The summed E-state index contributed by atoms with van der Waals surface area (Å²) in [7, 11) is 0. The van der Waals surface area contributed by atoms with E-state index in [0.717, 1.165) is 5.56 Å². The molecule has 0 bridgehead atoms. The Morgan fingerprint density at radius 2 is 1.93 bits per heavy atom. The number of thiocarbonyl (C=S) groups is 1. The Morgan fingerprint density at radius 3 is 2.63 bits per heavy atom. The van der Waals surface area contributed by atoms with Crippen LogP contribution in [0.4, 0.5) is 11.7 Å². The molecule has 0 saturated carbocycles. The van der Waals surface area contributed by atoms with Gasteiger partial charge in [0.15, 0.2) is 10.7 Å². The number of aromatic nitrogens is 1. The van der Waals surface area contributed by atoms with Crippen LogP contribution in [-0.4, -0.2) is 21.9 Å². The molecule has 9 heteroatoms. The zero-order valence-electron chi connectivity index (χ0n) is 14.4. The van der Waals surface area contributed by atoms with E-state index < -0.39 is 5.91 Å². The minimum Gasteiger partial charge on any atom is -0.423 e. The van der Waals surface area contributed by atoms with Crippen molar-refractivity contribution in [1.29, 1.82) is 0 Å². The lowest BCUT2D eigenvalue weighted by Crippen LogP contribution is -2.34. The maximum Gasteiger partial charge on any atom is 0.302 e. The molecule has 0 aliphatic heterocycles. The van der Waals surface area contributed by atoms with E-state index in [2.05, 4.69) is 20.9 Å². The fourth-order valence-electron chi connectivity index (χ4n) is 2.30. The van der Waals surface area contributed by atoms with Crippen molar-refractivity contribution in [2.45, 2.75) is 13.8 Å². The molecule has 0 aliphatic rings. The summed E-state index contributed by atoms with van der Waals surface area (Å²) in [4.78, 5) is 27.6. The summed E-state index contributed by atoms with van der Waals surface area (Å²) in [6.45, 7) is 3.26. The van der Waals surface area contributed by atoms with Gasteiger partial charge >= 0.3 is 6.01 Å². The van der Waals surface area contributed by atoms with Crippen LogP contribution in [-0.2, 0) is 4.79 Å². The van der Waals surface area contributed by atoms with Crippen LogP contribution in [0.15, 0.2) is 40.8 Å². The van der Waals surface area contributed by atoms with Crippen molar-refractivity contribution in [1.82, 2.24) is 10.3 Å². The van der Waals surface area contributed by atoms with E-state index in [-0.39, 0.29) is 17.0 Å². The van der Waals surface area contributed by atoms with Crippen molar-refractivity contribution in [3.63, 3.8) is 0 Å². The Kier molecular flexibility index (Phi) is 5.38. The number of benzene rings is 2. The second-order valence-corrected chi connectivity index (χ2v) is 6.57. The first-order chi connectivity index (χ1) is 12.8. The Hall–Kier alpha value is -2.97. The number of amides is 2. The lowest BCUT2D eigenvalue weighted by atomic mass is 10.1. The highest BCUT2D eigenvalue weighted by atomic mass is 35.5. The highest BCUT2D eigenvalue weighted by molar-refractivity contribution is 7.80. The first-order valence-corrected chi connectivity index (χ1v) is 8.67. The molecule has 3 aromatic rings. The molecule has 0 saturated heterocycles. The van der Waals surface area contributed by atoms with Gasteiger partial charge in [0, 0.05) is 29.3 Å². The van der Waals surface area contributed by atoms with Crippen LogP contribution in [0.3, 0.4) is 0 Å². The van der Waals surface area contributed by atoms with Crippen LogP contribution in [0, 0.1) is 6.92 Å². The molecule has 0 atom stereocenters. The Labute approximate surface area is 165 Å². The number of oxazole rings is 1. The monoisotopic (exact) mass is 402 g/mol.